The van der Waals surface area contributed by atoms with Crippen LogP contribution in [0.3, 0.4) is 0 Å². The lowest BCUT2D eigenvalue weighted by Crippen LogP contribution is -2.45. The minimum absolute atomic E-state index is 0.0876. The Balaban J connectivity index is 1.53. The van der Waals surface area contributed by atoms with Crippen molar-refractivity contribution in [2.75, 3.05) is 44.6 Å². The molecule has 0 saturated carbocycles. The van der Waals surface area contributed by atoms with Crippen molar-refractivity contribution >= 4 is 29.0 Å². The van der Waals surface area contributed by atoms with E-state index in [0.29, 0.717) is 19.5 Å². The maximum Gasteiger partial charge on any atom is 0.321 e. The molecule has 29 heavy (non-hydrogen) atoms. The van der Waals surface area contributed by atoms with Gasteiger partial charge in [0.05, 0.1) is 0 Å². The van der Waals surface area contributed by atoms with E-state index in [1.165, 1.54) is 5.56 Å². The molecular weight excluding hydrogens is 384 g/mol. The van der Waals surface area contributed by atoms with Crippen molar-refractivity contribution in [3.8, 4) is 0 Å². The molecule has 2 aliphatic rings. The smallest absolute Gasteiger partial charge is 0.321 e. The Hall–Kier alpha value is -2.38. The highest BCUT2D eigenvalue weighted by molar-refractivity contribution is 7.07. The molecule has 7 heteroatoms. The summed E-state index contributed by atoms with van der Waals surface area (Å²) in [5.74, 6) is 0.202. The second kappa shape index (κ2) is 8.55. The first-order valence-corrected chi connectivity index (χ1v) is 11.1. The molecule has 0 radical (unpaired) electrons. The summed E-state index contributed by atoms with van der Waals surface area (Å²) in [4.78, 5) is 31.8. The van der Waals surface area contributed by atoms with Crippen LogP contribution in [0.5, 0.6) is 0 Å². The fourth-order valence-corrected chi connectivity index (χ4v) is 5.16. The summed E-state index contributed by atoms with van der Waals surface area (Å²) in [6, 6.07) is 11.6. The number of hydrogen-bond donors (Lipinski definition) is 1. The third-order valence-electron chi connectivity index (χ3n) is 5.86. The zero-order chi connectivity index (χ0) is 20.3. The molecule has 3 heterocycles. The Morgan fingerprint density at radius 2 is 1.97 bits per heavy atom. The SMILES string of the molecule is CCN1CC2(CC1=O)CN(Cc1ccsc1)CCN(C(=O)Nc1ccccc1)C2. The number of hydrogen-bond acceptors (Lipinski definition) is 4. The van der Waals surface area contributed by atoms with Crippen molar-refractivity contribution in [1.82, 2.24) is 14.7 Å². The monoisotopic (exact) mass is 412 g/mol. The maximum atomic E-state index is 13.0. The van der Waals surface area contributed by atoms with Crippen molar-refractivity contribution in [3.63, 3.8) is 0 Å². The van der Waals surface area contributed by atoms with E-state index in [0.717, 1.165) is 38.4 Å². The molecule has 2 fully saturated rings. The van der Waals surface area contributed by atoms with E-state index in [1.54, 1.807) is 11.3 Å². The normalized spacial score (nSPS) is 22.9. The second-order valence-corrected chi connectivity index (χ2v) is 8.92. The quantitative estimate of drug-likeness (QED) is 0.838. The topological polar surface area (TPSA) is 55.9 Å². The second-order valence-electron chi connectivity index (χ2n) is 8.14. The number of carbonyl (C=O) groups excluding carboxylic acids is 2. The van der Waals surface area contributed by atoms with Gasteiger partial charge in [-0.2, -0.15) is 11.3 Å². The molecule has 1 aromatic carbocycles. The van der Waals surface area contributed by atoms with Gasteiger partial charge in [-0.05, 0) is 41.4 Å². The van der Waals surface area contributed by atoms with E-state index < -0.39 is 0 Å². The van der Waals surface area contributed by atoms with Crippen LogP contribution in [0.1, 0.15) is 18.9 Å². The third-order valence-corrected chi connectivity index (χ3v) is 6.59. The molecule has 4 rings (SSSR count). The average molecular weight is 413 g/mol. The number of thiophene rings is 1. The fraction of sp³-hybridized carbons (Fsp3) is 0.455. The van der Waals surface area contributed by atoms with Crippen LogP contribution in [0.4, 0.5) is 10.5 Å². The number of carbonyl (C=O) groups is 2. The highest BCUT2D eigenvalue weighted by Gasteiger charge is 2.46. The first kappa shape index (κ1) is 19.9. The Morgan fingerprint density at radius 1 is 1.14 bits per heavy atom. The van der Waals surface area contributed by atoms with Gasteiger partial charge < -0.3 is 15.1 Å². The van der Waals surface area contributed by atoms with Gasteiger partial charge in [0.15, 0.2) is 0 Å². The number of urea groups is 1. The number of nitrogens with zero attached hydrogens (tertiary/aromatic N) is 3. The van der Waals surface area contributed by atoms with E-state index in [4.69, 9.17) is 0 Å². The van der Waals surface area contributed by atoms with Gasteiger partial charge >= 0.3 is 6.03 Å². The van der Waals surface area contributed by atoms with E-state index in [1.807, 2.05) is 47.1 Å². The first-order valence-electron chi connectivity index (χ1n) is 10.2. The Kier molecular flexibility index (Phi) is 5.87. The van der Waals surface area contributed by atoms with Gasteiger partial charge in [-0.25, -0.2) is 4.79 Å². The Labute approximate surface area is 176 Å². The molecule has 2 saturated heterocycles. The van der Waals surface area contributed by atoms with Crippen LogP contribution in [0.15, 0.2) is 47.2 Å². The number of anilines is 1. The molecule has 3 amide bonds. The van der Waals surface area contributed by atoms with Gasteiger partial charge in [0.1, 0.15) is 0 Å². The average Bonchev–Trinajstić information content (AvgIpc) is 3.28. The highest BCUT2D eigenvalue weighted by atomic mass is 32.1. The summed E-state index contributed by atoms with van der Waals surface area (Å²) in [5, 5.41) is 7.29. The van der Waals surface area contributed by atoms with Crippen LogP contribution in [-0.4, -0.2) is 65.9 Å². The van der Waals surface area contributed by atoms with Crippen molar-refractivity contribution < 1.29 is 9.59 Å². The molecule has 2 aromatic rings. The van der Waals surface area contributed by atoms with Crippen LogP contribution < -0.4 is 5.32 Å². The molecule has 1 N–H and O–H groups in total. The van der Waals surface area contributed by atoms with Gasteiger partial charge in [0.2, 0.25) is 5.91 Å². The molecule has 1 unspecified atom stereocenters. The first-order chi connectivity index (χ1) is 14.1. The molecule has 0 bridgehead atoms. The highest BCUT2D eigenvalue weighted by Crippen LogP contribution is 2.35. The number of nitrogens with one attached hydrogen (secondary N) is 1. The van der Waals surface area contributed by atoms with Crippen LogP contribution in [0.25, 0.3) is 0 Å². The number of rotatable bonds is 4. The predicted molar refractivity (Wildman–Crippen MR) is 116 cm³/mol. The maximum absolute atomic E-state index is 13.0. The molecule has 0 aliphatic carbocycles. The largest absolute Gasteiger partial charge is 0.342 e. The summed E-state index contributed by atoms with van der Waals surface area (Å²) in [6.07, 6.45) is 0.510. The van der Waals surface area contributed by atoms with Crippen LogP contribution in [-0.2, 0) is 11.3 Å². The minimum atomic E-state index is -0.215. The number of para-hydroxylation sites is 1. The zero-order valence-electron chi connectivity index (χ0n) is 16.8. The van der Waals surface area contributed by atoms with Crippen molar-refractivity contribution in [3.05, 3.63) is 52.7 Å². The van der Waals surface area contributed by atoms with Gasteiger partial charge in [-0.15, -0.1) is 0 Å². The molecule has 1 aromatic heterocycles. The molecule has 2 aliphatic heterocycles. The van der Waals surface area contributed by atoms with Gasteiger partial charge in [0, 0.05) is 63.3 Å². The van der Waals surface area contributed by atoms with Crippen molar-refractivity contribution in [1.29, 1.82) is 0 Å². The summed E-state index contributed by atoms with van der Waals surface area (Å²) in [6.45, 7) is 7.23. The molecule has 6 nitrogen and oxygen atoms in total. The summed E-state index contributed by atoms with van der Waals surface area (Å²) < 4.78 is 0. The van der Waals surface area contributed by atoms with Gasteiger partial charge in [-0.3, -0.25) is 9.69 Å². The van der Waals surface area contributed by atoms with Crippen LogP contribution in [0, 0.1) is 5.41 Å². The standard InChI is InChI=1S/C22H28N4O2S/c1-2-25-16-22(12-20(25)27)15-24(13-18-8-11-29-14-18)9-10-26(17-22)21(28)23-19-6-4-3-5-7-19/h3-8,11,14H,2,9-10,12-13,15-17H2,1H3,(H,23,28). The predicted octanol–water partition coefficient (Wildman–Crippen LogP) is 3.34. The van der Waals surface area contributed by atoms with Crippen molar-refractivity contribution in [2.24, 2.45) is 5.41 Å². The van der Waals surface area contributed by atoms with E-state index in [9.17, 15) is 9.59 Å². The fourth-order valence-electron chi connectivity index (χ4n) is 4.50. The van der Waals surface area contributed by atoms with Gasteiger partial charge in [-0.1, -0.05) is 18.2 Å². The van der Waals surface area contributed by atoms with Crippen LogP contribution in [0.2, 0.25) is 0 Å². The molecule has 154 valence electrons. The Morgan fingerprint density at radius 3 is 2.66 bits per heavy atom. The van der Waals surface area contributed by atoms with Crippen molar-refractivity contribution in [2.45, 2.75) is 19.9 Å². The minimum Gasteiger partial charge on any atom is -0.342 e. The Bertz CT molecular complexity index is 842. The number of benzene rings is 1. The summed E-state index contributed by atoms with van der Waals surface area (Å²) in [5.41, 5.74) is 1.88. The lowest BCUT2D eigenvalue weighted by atomic mass is 9.86. The van der Waals surface area contributed by atoms with E-state index in [-0.39, 0.29) is 17.4 Å². The lowest BCUT2D eigenvalue weighted by molar-refractivity contribution is -0.127. The summed E-state index contributed by atoms with van der Waals surface area (Å²) >= 11 is 1.70. The van der Waals surface area contributed by atoms with Gasteiger partial charge in [0.25, 0.3) is 0 Å². The third kappa shape index (κ3) is 4.62. The zero-order valence-corrected chi connectivity index (χ0v) is 17.7. The summed E-state index contributed by atoms with van der Waals surface area (Å²) in [7, 11) is 0. The molecular formula is C22H28N4O2S. The molecule has 1 atom stereocenters. The van der Waals surface area contributed by atoms with Crippen LogP contribution >= 0.6 is 11.3 Å². The number of amides is 3. The lowest BCUT2D eigenvalue weighted by Gasteiger charge is -2.33. The molecule has 1 spiro atoms. The number of likely N-dealkylation sites (tertiary alicyclic amines) is 1. The van der Waals surface area contributed by atoms with E-state index in [2.05, 4.69) is 27.0 Å². The van der Waals surface area contributed by atoms with E-state index >= 15 is 0 Å².